The third kappa shape index (κ3) is 3.11. The summed E-state index contributed by atoms with van der Waals surface area (Å²) >= 11 is 0. The number of allylic oxidation sites excluding steroid dienone is 2. The summed E-state index contributed by atoms with van der Waals surface area (Å²) in [7, 11) is 0. The van der Waals surface area contributed by atoms with Crippen LogP contribution in [0.1, 0.15) is 6.92 Å². The van der Waals surface area contributed by atoms with Crippen molar-refractivity contribution >= 4 is 0 Å². The maximum absolute atomic E-state index is 11.4. The Labute approximate surface area is 50.2 Å². The molecule has 0 spiro atoms. The third-order valence-electron chi connectivity index (χ3n) is 0.830. The number of hydrogen-bond donors (Lipinski definition) is 0. The second kappa shape index (κ2) is 2.85. The van der Waals surface area contributed by atoms with Crippen molar-refractivity contribution in [3.63, 3.8) is 0 Å². The van der Waals surface area contributed by atoms with Gasteiger partial charge in [0.05, 0.1) is 0 Å². The Morgan fingerprint density at radius 1 is 1.44 bits per heavy atom. The smallest absolute Gasteiger partial charge is 0.247 e. The van der Waals surface area contributed by atoms with Crippen LogP contribution in [0.2, 0.25) is 0 Å². The third-order valence-corrected chi connectivity index (χ3v) is 0.830. The highest BCUT2D eigenvalue weighted by molar-refractivity contribution is 5.04. The normalized spacial score (nSPS) is 14.1. The minimum atomic E-state index is -4.37. The molecular weight excluding hydrogens is 136 g/mol. The maximum Gasteiger partial charge on any atom is 0.412 e. The predicted octanol–water partition coefficient (Wildman–Crippen LogP) is 2.46. The molecule has 0 amide bonds. The summed E-state index contributed by atoms with van der Waals surface area (Å²) in [6.07, 6.45) is -3.87. The van der Waals surface area contributed by atoms with Gasteiger partial charge < -0.3 is 0 Å². The van der Waals surface area contributed by atoms with Crippen LogP contribution in [0.4, 0.5) is 17.6 Å². The van der Waals surface area contributed by atoms with E-state index >= 15 is 0 Å². The highest BCUT2D eigenvalue weighted by atomic mass is 19.4. The fraction of sp³-hybridized carbons (Fsp3) is 0.600. The molecule has 0 aliphatic heterocycles. The Hall–Kier alpha value is -0.540. The molecule has 0 aromatic rings. The number of hydrogen-bond acceptors (Lipinski definition) is 0. The molecule has 0 N–H and O–H groups in total. The Balaban J connectivity index is 4.03. The van der Waals surface area contributed by atoms with Crippen LogP contribution in [0, 0.1) is 0 Å². The molecule has 4 heteroatoms. The molecule has 0 aliphatic rings. The molecule has 54 valence electrons. The number of alkyl halides is 4. The van der Waals surface area contributed by atoms with E-state index in [-0.39, 0.29) is 0 Å². The Kier molecular flexibility index (Phi) is 2.67. The molecule has 0 heterocycles. The molecule has 9 heavy (non-hydrogen) atoms. The summed E-state index contributed by atoms with van der Waals surface area (Å²) < 4.78 is 45.4. The first kappa shape index (κ1) is 8.46. The van der Waals surface area contributed by atoms with Gasteiger partial charge in [-0.15, -0.1) is 0 Å². The van der Waals surface area contributed by atoms with Crippen molar-refractivity contribution in [2.75, 3.05) is 6.67 Å². The van der Waals surface area contributed by atoms with Gasteiger partial charge in [0.15, 0.2) is 0 Å². The molecule has 0 fully saturated rings. The standard InChI is InChI=1S/C5H6F4/c1-4(2-3-6)5(7,8)9/h2H,3H2,1H3/b4-2+. The molecule has 0 nitrogen and oxygen atoms in total. The van der Waals surface area contributed by atoms with E-state index in [0.29, 0.717) is 6.08 Å². The number of rotatable bonds is 1. The minimum Gasteiger partial charge on any atom is -0.247 e. The van der Waals surface area contributed by atoms with Crippen molar-refractivity contribution in [3.8, 4) is 0 Å². The van der Waals surface area contributed by atoms with Crippen molar-refractivity contribution in [1.82, 2.24) is 0 Å². The Morgan fingerprint density at radius 3 is 2.00 bits per heavy atom. The van der Waals surface area contributed by atoms with Gasteiger partial charge in [0.25, 0.3) is 0 Å². The molecule has 0 saturated heterocycles. The van der Waals surface area contributed by atoms with Crippen LogP contribution in [0.15, 0.2) is 11.6 Å². The summed E-state index contributed by atoms with van der Waals surface area (Å²) in [6, 6.07) is 0. The summed E-state index contributed by atoms with van der Waals surface area (Å²) in [5, 5.41) is 0. The van der Waals surface area contributed by atoms with Gasteiger partial charge in [0, 0.05) is 5.57 Å². The van der Waals surface area contributed by atoms with Crippen LogP contribution in [0.3, 0.4) is 0 Å². The van der Waals surface area contributed by atoms with E-state index in [1.54, 1.807) is 0 Å². The van der Waals surface area contributed by atoms with Crippen molar-refractivity contribution in [2.45, 2.75) is 13.1 Å². The van der Waals surface area contributed by atoms with Crippen molar-refractivity contribution < 1.29 is 17.6 Å². The van der Waals surface area contributed by atoms with Gasteiger partial charge in [-0.3, -0.25) is 0 Å². The fourth-order valence-corrected chi connectivity index (χ4v) is 0.231. The lowest BCUT2D eigenvalue weighted by Crippen LogP contribution is -2.08. The van der Waals surface area contributed by atoms with E-state index in [1.165, 1.54) is 0 Å². The van der Waals surface area contributed by atoms with E-state index in [4.69, 9.17) is 0 Å². The first-order chi connectivity index (χ1) is 3.98. The molecule has 0 rings (SSSR count). The van der Waals surface area contributed by atoms with Gasteiger partial charge in [-0.05, 0) is 13.0 Å². The van der Waals surface area contributed by atoms with Crippen LogP contribution >= 0.6 is 0 Å². The predicted molar refractivity (Wildman–Crippen MR) is 25.8 cm³/mol. The highest BCUT2D eigenvalue weighted by Crippen LogP contribution is 2.24. The molecule has 0 bridgehead atoms. The van der Waals surface area contributed by atoms with Crippen LogP contribution in [-0.2, 0) is 0 Å². The molecule has 0 aromatic heterocycles. The van der Waals surface area contributed by atoms with Gasteiger partial charge in [0.1, 0.15) is 6.67 Å². The fourth-order valence-electron chi connectivity index (χ4n) is 0.231. The van der Waals surface area contributed by atoms with Gasteiger partial charge in [0.2, 0.25) is 0 Å². The molecule has 0 atom stereocenters. The van der Waals surface area contributed by atoms with E-state index < -0.39 is 18.4 Å². The quantitative estimate of drug-likeness (QED) is 0.389. The largest absolute Gasteiger partial charge is 0.412 e. The summed E-state index contributed by atoms with van der Waals surface area (Å²) in [5.41, 5.74) is -0.884. The van der Waals surface area contributed by atoms with Crippen LogP contribution in [0.5, 0.6) is 0 Å². The molecule has 0 aliphatic carbocycles. The van der Waals surface area contributed by atoms with Gasteiger partial charge in [-0.1, -0.05) is 0 Å². The minimum absolute atomic E-state index is 0.500. The molecule has 0 aromatic carbocycles. The first-order valence-corrected chi connectivity index (χ1v) is 2.28. The average Bonchev–Trinajstić information content (AvgIpc) is 1.64. The topological polar surface area (TPSA) is 0 Å². The Bertz CT molecular complexity index is 111. The number of halogens is 4. The van der Waals surface area contributed by atoms with Crippen molar-refractivity contribution in [3.05, 3.63) is 11.6 Å². The van der Waals surface area contributed by atoms with Crippen LogP contribution < -0.4 is 0 Å². The van der Waals surface area contributed by atoms with Gasteiger partial charge in [-0.25, -0.2) is 4.39 Å². The Morgan fingerprint density at radius 2 is 1.89 bits per heavy atom. The summed E-state index contributed by atoms with van der Waals surface area (Å²) in [4.78, 5) is 0. The average molecular weight is 142 g/mol. The van der Waals surface area contributed by atoms with Crippen LogP contribution in [0.25, 0.3) is 0 Å². The molecule has 0 unspecified atom stereocenters. The lowest BCUT2D eigenvalue weighted by Gasteiger charge is -2.03. The van der Waals surface area contributed by atoms with Crippen molar-refractivity contribution in [2.24, 2.45) is 0 Å². The zero-order valence-electron chi connectivity index (χ0n) is 4.80. The lowest BCUT2D eigenvalue weighted by molar-refractivity contribution is -0.0916. The van der Waals surface area contributed by atoms with E-state index in [2.05, 4.69) is 0 Å². The monoisotopic (exact) mass is 142 g/mol. The lowest BCUT2D eigenvalue weighted by atomic mass is 10.3. The van der Waals surface area contributed by atoms with Crippen LogP contribution in [-0.4, -0.2) is 12.9 Å². The SMILES string of the molecule is C/C(=C\CF)C(F)(F)F. The molecular formula is C5H6F4. The maximum atomic E-state index is 11.4. The summed E-state index contributed by atoms with van der Waals surface area (Å²) in [6.45, 7) is -0.231. The first-order valence-electron chi connectivity index (χ1n) is 2.28. The second-order valence-corrected chi connectivity index (χ2v) is 1.54. The summed E-state index contributed by atoms with van der Waals surface area (Å²) in [5.74, 6) is 0. The highest BCUT2D eigenvalue weighted by Gasteiger charge is 2.29. The van der Waals surface area contributed by atoms with Gasteiger partial charge in [-0.2, -0.15) is 13.2 Å². The molecule has 0 saturated carbocycles. The molecule has 0 radical (unpaired) electrons. The zero-order valence-corrected chi connectivity index (χ0v) is 4.80. The second-order valence-electron chi connectivity index (χ2n) is 1.54. The zero-order chi connectivity index (χ0) is 7.49. The van der Waals surface area contributed by atoms with E-state index in [1.807, 2.05) is 0 Å². The van der Waals surface area contributed by atoms with E-state index in [0.717, 1.165) is 6.92 Å². The van der Waals surface area contributed by atoms with Gasteiger partial charge >= 0.3 is 6.18 Å². The van der Waals surface area contributed by atoms with E-state index in [9.17, 15) is 17.6 Å². The van der Waals surface area contributed by atoms with Crippen molar-refractivity contribution in [1.29, 1.82) is 0 Å².